The molecule has 17 heavy (non-hydrogen) atoms. The van der Waals surface area contributed by atoms with Crippen LogP contribution in [0.4, 0.5) is 0 Å². The van der Waals surface area contributed by atoms with E-state index in [-0.39, 0.29) is 11.9 Å². The monoisotopic (exact) mass is 234 g/mol. The summed E-state index contributed by atoms with van der Waals surface area (Å²) in [4.78, 5) is 12.1. The summed E-state index contributed by atoms with van der Waals surface area (Å²) in [6, 6.07) is 7.80. The summed E-state index contributed by atoms with van der Waals surface area (Å²) in [5.41, 5.74) is 1.64. The molecule has 0 saturated carbocycles. The molecule has 0 bridgehead atoms. The van der Waals surface area contributed by atoms with Gasteiger partial charge in [-0.05, 0) is 24.6 Å². The van der Waals surface area contributed by atoms with Crippen LogP contribution in [0.1, 0.15) is 22.3 Å². The van der Waals surface area contributed by atoms with Gasteiger partial charge in [0.05, 0.1) is 6.61 Å². The highest BCUT2D eigenvalue weighted by atomic mass is 16.5. The number of methoxy groups -OCH3 is 1. The molecular formula is C13H18N2O2. The van der Waals surface area contributed by atoms with Crippen LogP contribution in [0.5, 0.6) is 0 Å². The fraction of sp³-hybridized carbons (Fsp3) is 0.462. The van der Waals surface area contributed by atoms with Crippen LogP contribution in [0, 0.1) is 0 Å². The second-order valence-electron chi connectivity index (χ2n) is 4.25. The number of amides is 1. The summed E-state index contributed by atoms with van der Waals surface area (Å²) in [7, 11) is 1.63. The molecule has 0 aromatic heterocycles. The Labute approximate surface area is 101 Å². The van der Waals surface area contributed by atoms with Crippen LogP contribution in [-0.4, -0.2) is 32.1 Å². The van der Waals surface area contributed by atoms with E-state index in [0.717, 1.165) is 25.1 Å². The van der Waals surface area contributed by atoms with E-state index in [2.05, 4.69) is 10.6 Å². The van der Waals surface area contributed by atoms with Crippen LogP contribution >= 0.6 is 0 Å². The standard InChI is InChI=1S/C13H18N2O2/c1-17-9-10-4-2-3-5-12(10)13(16)15-11-6-7-14-8-11/h2-5,11,14H,6-9H2,1H3,(H,15,16). The van der Waals surface area contributed by atoms with Crippen molar-refractivity contribution in [3.05, 3.63) is 35.4 Å². The van der Waals surface area contributed by atoms with Crippen molar-refractivity contribution in [2.45, 2.75) is 19.1 Å². The minimum absolute atomic E-state index is 0.00801. The number of ether oxygens (including phenoxy) is 1. The lowest BCUT2D eigenvalue weighted by Gasteiger charge is -2.13. The number of hydrogen-bond donors (Lipinski definition) is 2. The van der Waals surface area contributed by atoms with E-state index < -0.39 is 0 Å². The molecular weight excluding hydrogens is 216 g/mol. The van der Waals surface area contributed by atoms with E-state index in [1.807, 2.05) is 24.3 Å². The average molecular weight is 234 g/mol. The van der Waals surface area contributed by atoms with Gasteiger partial charge in [0.1, 0.15) is 0 Å². The molecule has 1 saturated heterocycles. The predicted octanol–water partition coefficient (Wildman–Crippen LogP) is 0.925. The molecule has 1 aliphatic heterocycles. The SMILES string of the molecule is COCc1ccccc1C(=O)NC1CCNC1. The normalized spacial score (nSPS) is 19.2. The smallest absolute Gasteiger partial charge is 0.251 e. The zero-order valence-corrected chi connectivity index (χ0v) is 10.0. The van der Waals surface area contributed by atoms with Crippen LogP contribution < -0.4 is 10.6 Å². The molecule has 2 rings (SSSR count). The predicted molar refractivity (Wildman–Crippen MR) is 65.9 cm³/mol. The van der Waals surface area contributed by atoms with Crippen molar-refractivity contribution in [1.82, 2.24) is 10.6 Å². The lowest BCUT2D eigenvalue weighted by Crippen LogP contribution is -2.36. The number of benzene rings is 1. The molecule has 1 aliphatic rings. The molecule has 0 spiro atoms. The summed E-state index contributed by atoms with van der Waals surface area (Å²) in [5.74, 6) is -0.00801. The second-order valence-corrected chi connectivity index (χ2v) is 4.25. The lowest BCUT2D eigenvalue weighted by atomic mass is 10.1. The minimum Gasteiger partial charge on any atom is -0.380 e. The highest BCUT2D eigenvalue weighted by molar-refractivity contribution is 5.95. The van der Waals surface area contributed by atoms with Crippen molar-refractivity contribution in [2.75, 3.05) is 20.2 Å². The highest BCUT2D eigenvalue weighted by Gasteiger charge is 2.18. The van der Waals surface area contributed by atoms with Crippen LogP contribution in [0.15, 0.2) is 24.3 Å². The van der Waals surface area contributed by atoms with Gasteiger partial charge >= 0.3 is 0 Å². The van der Waals surface area contributed by atoms with Crippen molar-refractivity contribution in [2.24, 2.45) is 0 Å². The topological polar surface area (TPSA) is 50.4 Å². The van der Waals surface area contributed by atoms with Crippen LogP contribution in [0.3, 0.4) is 0 Å². The Morgan fingerprint density at radius 2 is 2.35 bits per heavy atom. The largest absolute Gasteiger partial charge is 0.380 e. The lowest BCUT2D eigenvalue weighted by molar-refractivity contribution is 0.0935. The van der Waals surface area contributed by atoms with E-state index in [1.165, 1.54) is 0 Å². The molecule has 0 radical (unpaired) electrons. The first-order valence-corrected chi connectivity index (χ1v) is 5.89. The number of rotatable bonds is 4. The van der Waals surface area contributed by atoms with Crippen LogP contribution in [0.2, 0.25) is 0 Å². The summed E-state index contributed by atoms with van der Waals surface area (Å²) in [5, 5.41) is 6.27. The average Bonchev–Trinajstić information content (AvgIpc) is 2.83. The Hall–Kier alpha value is -1.39. The first kappa shape index (κ1) is 12.1. The summed E-state index contributed by atoms with van der Waals surface area (Å²) in [6.07, 6.45) is 0.998. The molecule has 1 heterocycles. The molecule has 92 valence electrons. The first-order valence-electron chi connectivity index (χ1n) is 5.89. The minimum atomic E-state index is -0.00801. The van der Waals surface area contributed by atoms with E-state index in [0.29, 0.717) is 12.2 Å². The molecule has 4 nitrogen and oxygen atoms in total. The first-order chi connectivity index (χ1) is 8.31. The van der Waals surface area contributed by atoms with E-state index in [1.54, 1.807) is 7.11 Å². The van der Waals surface area contributed by atoms with Crippen LogP contribution in [0.25, 0.3) is 0 Å². The molecule has 1 amide bonds. The van der Waals surface area contributed by atoms with Gasteiger partial charge in [-0.25, -0.2) is 0 Å². The Bertz CT molecular complexity index is 387. The quantitative estimate of drug-likeness (QED) is 0.814. The number of nitrogens with one attached hydrogen (secondary N) is 2. The molecule has 1 atom stereocenters. The van der Waals surface area contributed by atoms with Crippen LogP contribution in [-0.2, 0) is 11.3 Å². The van der Waals surface area contributed by atoms with Gasteiger partial charge in [0.2, 0.25) is 0 Å². The summed E-state index contributed by atoms with van der Waals surface area (Å²) in [6.45, 7) is 2.30. The second kappa shape index (κ2) is 5.80. The zero-order valence-electron chi connectivity index (χ0n) is 10.0. The number of carbonyl (C=O) groups is 1. The third-order valence-electron chi connectivity index (χ3n) is 2.96. The van der Waals surface area contributed by atoms with Gasteiger partial charge in [0.15, 0.2) is 0 Å². The van der Waals surface area contributed by atoms with Crippen molar-refractivity contribution in [3.63, 3.8) is 0 Å². The maximum Gasteiger partial charge on any atom is 0.251 e. The zero-order chi connectivity index (χ0) is 12.1. The van der Waals surface area contributed by atoms with Gasteiger partial charge in [-0.15, -0.1) is 0 Å². The van der Waals surface area contributed by atoms with Gasteiger partial charge in [-0.3, -0.25) is 4.79 Å². The van der Waals surface area contributed by atoms with Crippen molar-refractivity contribution in [1.29, 1.82) is 0 Å². The number of carbonyl (C=O) groups excluding carboxylic acids is 1. The molecule has 4 heteroatoms. The van der Waals surface area contributed by atoms with Crippen molar-refractivity contribution in [3.8, 4) is 0 Å². The maximum absolute atomic E-state index is 12.1. The van der Waals surface area contributed by atoms with E-state index in [4.69, 9.17) is 4.74 Å². The molecule has 1 aromatic rings. The Kier molecular flexibility index (Phi) is 4.12. The Balaban J connectivity index is 2.06. The van der Waals surface area contributed by atoms with E-state index >= 15 is 0 Å². The van der Waals surface area contributed by atoms with Gasteiger partial charge in [0.25, 0.3) is 5.91 Å². The molecule has 0 aliphatic carbocycles. The highest BCUT2D eigenvalue weighted by Crippen LogP contribution is 2.10. The van der Waals surface area contributed by atoms with Gasteiger partial charge in [-0.2, -0.15) is 0 Å². The third kappa shape index (κ3) is 3.05. The van der Waals surface area contributed by atoms with Gasteiger partial charge in [-0.1, -0.05) is 18.2 Å². The summed E-state index contributed by atoms with van der Waals surface area (Å²) >= 11 is 0. The Morgan fingerprint density at radius 1 is 1.53 bits per heavy atom. The molecule has 1 unspecified atom stereocenters. The maximum atomic E-state index is 12.1. The third-order valence-corrected chi connectivity index (χ3v) is 2.96. The summed E-state index contributed by atoms with van der Waals surface area (Å²) < 4.78 is 5.10. The molecule has 1 fully saturated rings. The fourth-order valence-electron chi connectivity index (χ4n) is 2.06. The van der Waals surface area contributed by atoms with Gasteiger partial charge in [0, 0.05) is 25.3 Å². The van der Waals surface area contributed by atoms with Gasteiger partial charge < -0.3 is 15.4 Å². The molecule has 2 N–H and O–H groups in total. The van der Waals surface area contributed by atoms with Crippen molar-refractivity contribution < 1.29 is 9.53 Å². The number of hydrogen-bond acceptors (Lipinski definition) is 3. The fourth-order valence-corrected chi connectivity index (χ4v) is 2.06. The Morgan fingerprint density at radius 3 is 3.06 bits per heavy atom. The van der Waals surface area contributed by atoms with E-state index in [9.17, 15) is 4.79 Å². The molecule has 1 aromatic carbocycles. The van der Waals surface area contributed by atoms with Crippen molar-refractivity contribution >= 4 is 5.91 Å².